The molecule has 0 aliphatic heterocycles. The standard InChI is InChI=1S/C16H18F2N2O2S/c1-11-20-13(10-23-11)8-9-19-15(21)7-4-12-2-5-14(6-3-12)22-16(17)18/h2-3,5-6,10,16H,4,7-9H2,1H3,(H,19,21). The SMILES string of the molecule is Cc1nc(CCNC(=O)CCc2ccc(OC(F)F)cc2)cs1. The minimum Gasteiger partial charge on any atom is -0.435 e. The van der Waals surface area contributed by atoms with Crippen LogP contribution in [0.5, 0.6) is 5.75 Å². The van der Waals surface area contributed by atoms with Crippen LogP contribution in [0.1, 0.15) is 22.7 Å². The first kappa shape index (κ1) is 17.3. The van der Waals surface area contributed by atoms with Gasteiger partial charge in [0, 0.05) is 24.8 Å². The highest BCUT2D eigenvalue weighted by molar-refractivity contribution is 7.09. The summed E-state index contributed by atoms with van der Waals surface area (Å²) in [6.07, 6.45) is 1.62. The van der Waals surface area contributed by atoms with Crippen LogP contribution in [-0.2, 0) is 17.6 Å². The lowest BCUT2D eigenvalue weighted by molar-refractivity contribution is -0.121. The summed E-state index contributed by atoms with van der Waals surface area (Å²) in [6.45, 7) is -0.318. The molecule has 4 nitrogen and oxygen atoms in total. The third-order valence-electron chi connectivity index (χ3n) is 3.16. The first-order valence-corrected chi connectivity index (χ1v) is 8.12. The number of halogens is 2. The Kier molecular flexibility index (Phi) is 6.46. The summed E-state index contributed by atoms with van der Waals surface area (Å²) in [5.74, 6) is 0.0802. The number of nitrogens with zero attached hydrogens (tertiary/aromatic N) is 1. The van der Waals surface area contributed by atoms with E-state index >= 15 is 0 Å². The third kappa shape index (κ3) is 6.32. The summed E-state index contributed by atoms with van der Waals surface area (Å²) in [6, 6.07) is 6.32. The summed E-state index contributed by atoms with van der Waals surface area (Å²) in [4.78, 5) is 16.1. The van der Waals surface area contributed by atoms with Crippen LogP contribution in [0, 0.1) is 6.92 Å². The van der Waals surface area contributed by atoms with Gasteiger partial charge >= 0.3 is 6.61 Å². The van der Waals surface area contributed by atoms with Gasteiger partial charge in [-0.3, -0.25) is 4.79 Å². The average Bonchev–Trinajstić information content (AvgIpc) is 2.91. The Labute approximate surface area is 137 Å². The zero-order valence-electron chi connectivity index (χ0n) is 12.7. The number of rotatable bonds is 8. The fourth-order valence-corrected chi connectivity index (χ4v) is 2.68. The molecule has 0 saturated carbocycles. The van der Waals surface area contributed by atoms with Gasteiger partial charge in [-0.2, -0.15) is 8.78 Å². The summed E-state index contributed by atoms with van der Waals surface area (Å²) < 4.78 is 28.4. The van der Waals surface area contributed by atoms with Gasteiger partial charge in [0.2, 0.25) is 5.91 Å². The molecule has 0 aliphatic carbocycles. The quantitative estimate of drug-likeness (QED) is 0.802. The molecule has 0 fully saturated rings. The molecule has 0 radical (unpaired) electrons. The number of amides is 1. The van der Waals surface area contributed by atoms with Gasteiger partial charge in [-0.25, -0.2) is 4.98 Å². The average molecular weight is 340 g/mol. The van der Waals surface area contributed by atoms with E-state index in [1.165, 1.54) is 12.1 Å². The molecular weight excluding hydrogens is 322 g/mol. The van der Waals surface area contributed by atoms with Crippen LogP contribution in [-0.4, -0.2) is 24.0 Å². The Balaban J connectivity index is 1.67. The number of nitrogens with one attached hydrogen (secondary N) is 1. The van der Waals surface area contributed by atoms with Crippen molar-refractivity contribution in [3.8, 4) is 5.75 Å². The maximum absolute atomic E-state index is 12.0. The van der Waals surface area contributed by atoms with Gasteiger partial charge in [-0.1, -0.05) is 12.1 Å². The Morgan fingerprint density at radius 2 is 2.04 bits per heavy atom. The minimum atomic E-state index is -2.83. The first-order valence-electron chi connectivity index (χ1n) is 7.24. The van der Waals surface area contributed by atoms with E-state index < -0.39 is 6.61 Å². The fraction of sp³-hybridized carbons (Fsp3) is 0.375. The van der Waals surface area contributed by atoms with Crippen LogP contribution in [0.2, 0.25) is 0 Å². The zero-order valence-corrected chi connectivity index (χ0v) is 13.5. The van der Waals surface area contributed by atoms with Crippen molar-refractivity contribution in [1.82, 2.24) is 10.3 Å². The van der Waals surface area contributed by atoms with Crippen molar-refractivity contribution in [2.75, 3.05) is 6.54 Å². The van der Waals surface area contributed by atoms with E-state index in [2.05, 4.69) is 15.0 Å². The minimum absolute atomic E-state index is 0.0372. The second-order valence-electron chi connectivity index (χ2n) is 4.98. The molecule has 1 amide bonds. The van der Waals surface area contributed by atoms with E-state index in [9.17, 15) is 13.6 Å². The van der Waals surface area contributed by atoms with Crippen molar-refractivity contribution < 1.29 is 18.3 Å². The van der Waals surface area contributed by atoms with Gasteiger partial charge in [0.1, 0.15) is 5.75 Å². The maximum Gasteiger partial charge on any atom is 0.387 e. The zero-order chi connectivity index (χ0) is 16.7. The molecule has 2 aromatic rings. The highest BCUT2D eigenvalue weighted by Crippen LogP contribution is 2.15. The largest absolute Gasteiger partial charge is 0.435 e. The fourth-order valence-electron chi connectivity index (χ4n) is 2.04. The van der Waals surface area contributed by atoms with E-state index in [0.29, 0.717) is 19.4 Å². The lowest BCUT2D eigenvalue weighted by Gasteiger charge is -2.06. The molecule has 23 heavy (non-hydrogen) atoms. The molecule has 7 heteroatoms. The van der Waals surface area contributed by atoms with Gasteiger partial charge in [0.15, 0.2) is 0 Å². The molecular formula is C16H18F2N2O2S. The second kappa shape index (κ2) is 8.57. The van der Waals surface area contributed by atoms with Gasteiger partial charge in [-0.05, 0) is 31.0 Å². The van der Waals surface area contributed by atoms with Crippen molar-refractivity contribution >= 4 is 17.2 Å². The molecule has 1 N–H and O–H groups in total. The lowest BCUT2D eigenvalue weighted by Crippen LogP contribution is -2.25. The third-order valence-corrected chi connectivity index (χ3v) is 3.98. The molecule has 0 bridgehead atoms. The molecule has 1 aromatic carbocycles. The summed E-state index contributed by atoms with van der Waals surface area (Å²) >= 11 is 1.59. The topological polar surface area (TPSA) is 51.2 Å². The number of alkyl halides is 2. The number of aryl methyl sites for hydroxylation is 2. The van der Waals surface area contributed by atoms with Crippen LogP contribution in [0.4, 0.5) is 8.78 Å². The molecule has 0 unspecified atom stereocenters. The van der Waals surface area contributed by atoms with E-state index in [4.69, 9.17) is 0 Å². The first-order chi connectivity index (χ1) is 11.0. The van der Waals surface area contributed by atoms with Gasteiger partial charge in [0.25, 0.3) is 0 Å². The Bertz CT molecular complexity index is 629. The van der Waals surface area contributed by atoms with Crippen molar-refractivity contribution in [2.45, 2.75) is 32.8 Å². The number of hydrogen-bond acceptors (Lipinski definition) is 4. The number of carbonyl (C=O) groups is 1. The summed E-state index contributed by atoms with van der Waals surface area (Å²) in [5, 5.41) is 5.86. The van der Waals surface area contributed by atoms with Gasteiger partial charge < -0.3 is 10.1 Å². The van der Waals surface area contributed by atoms with Gasteiger partial charge in [0.05, 0.1) is 10.7 Å². The van der Waals surface area contributed by atoms with Crippen LogP contribution in [0.3, 0.4) is 0 Å². The number of hydrogen-bond donors (Lipinski definition) is 1. The van der Waals surface area contributed by atoms with Crippen LogP contribution in [0.15, 0.2) is 29.6 Å². The summed E-state index contributed by atoms with van der Waals surface area (Å²) in [5.41, 5.74) is 1.89. The molecule has 124 valence electrons. The number of ether oxygens (including phenoxy) is 1. The monoisotopic (exact) mass is 340 g/mol. The second-order valence-corrected chi connectivity index (χ2v) is 6.04. The number of carbonyl (C=O) groups excluding carboxylic acids is 1. The molecule has 0 aliphatic rings. The molecule has 1 heterocycles. The van der Waals surface area contributed by atoms with E-state index in [-0.39, 0.29) is 11.7 Å². The molecule has 2 rings (SSSR count). The Morgan fingerprint density at radius 3 is 2.65 bits per heavy atom. The predicted octanol–water partition coefficient (Wildman–Crippen LogP) is 3.34. The summed E-state index contributed by atoms with van der Waals surface area (Å²) in [7, 11) is 0. The van der Waals surface area contributed by atoms with Crippen molar-refractivity contribution in [3.05, 3.63) is 45.9 Å². The van der Waals surface area contributed by atoms with Crippen LogP contribution >= 0.6 is 11.3 Å². The highest BCUT2D eigenvalue weighted by atomic mass is 32.1. The van der Waals surface area contributed by atoms with Crippen molar-refractivity contribution in [2.24, 2.45) is 0 Å². The van der Waals surface area contributed by atoms with Gasteiger partial charge in [-0.15, -0.1) is 11.3 Å². The molecule has 0 atom stereocenters. The van der Waals surface area contributed by atoms with E-state index in [1.54, 1.807) is 23.5 Å². The number of aromatic nitrogens is 1. The predicted molar refractivity (Wildman–Crippen MR) is 85.0 cm³/mol. The normalized spacial score (nSPS) is 10.8. The molecule has 1 aromatic heterocycles. The van der Waals surface area contributed by atoms with Crippen molar-refractivity contribution in [1.29, 1.82) is 0 Å². The molecule has 0 spiro atoms. The van der Waals surface area contributed by atoms with Crippen LogP contribution in [0.25, 0.3) is 0 Å². The Hall–Kier alpha value is -2.02. The highest BCUT2D eigenvalue weighted by Gasteiger charge is 2.06. The smallest absolute Gasteiger partial charge is 0.387 e. The number of benzene rings is 1. The van der Waals surface area contributed by atoms with E-state index in [1.807, 2.05) is 12.3 Å². The maximum atomic E-state index is 12.0. The number of thiazole rings is 1. The van der Waals surface area contributed by atoms with E-state index in [0.717, 1.165) is 22.7 Å². The molecule has 0 saturated heterocycles. The Morgan fingerprint density at radius 1 is 1.30 bits per heavy atom. The van der Waals surface area contributed by atoms with Crippen LogP contribution < -0.4 is 10.1 Å². The van der Waals surface area contributed by atoms with Crippen molar-refractivity contribution in [3.63, 3.8) is 0 Å². The lowest BCUT2D eigenvalue weighted by atomic mass is 10.1.